The van der Waals surface area contributed by atoms with E-state index in [4.69, 9.17) is 11.6 Å². The summed E-state index contributed by atoms with van der Waals surface area (Å²) in [5.74, 6) is 1.56. The molecule has 0 saturated heterocycles. The van der Waals surface area contributed by atoms with Crippen molar-refractivity contribution in [1.82, 2.24) is 19.7 Å². The maximum absolute atomic E-state index is 6.20. The Bertz CT molecular complexity index is 758. The highest BCUT2D eigenvalue weighted by atomic mass is 35.5. The summed E-state index contributed by atoms with van der Waals surface area (Å²) in [6.45, 7) is 2.87. The highest BCUT2D eigenvalue weighted by Gasteiger charge is 2.14. The molecule has 0 atom stereocenters. The molecule has 1 aromatic carbocycles. The van der Waals surface area contributed by atoms with Crippen molar-refractivity contribution in [3.05, 3.63) is 59.2 Å². The van der Waals surface area contributed by atoms with Crippen LogP contribution in [0, 0.1) is 0 Å². The fourth-order valence-electron chi connectivity index (χ4n) is 2.12. The zero-order valence-electron chi connectivity index (χ0n) is 12.1. The minimum atomic E-state index is 0.764. The van der Waals surface area contributed by atoms with E-state index in [1.807, 2.05) is 42.5 Å². The van der Waals surface area contributed by atoms with Crippen molar-refractivity contribution in [3.8, 4) is 11.5 Å². The van der Waals surface area contributed by atoms with Crippen molar-refractivity contribution in [2.24, 2.45) is 0 Å². The number of pyridine rings is 1. The average molecular weight is 331 g/mol. The van der Waals surface area contributed by atoms with Crippen LogP contribution in [-0.4, -0.2) is 19.7 Å². The van der Waals surface area contributed by atoms with Gasteiger partial charge >= 0.3 is 0 Å². The summed E-state index contributed by atoms with van der Waals surface area (Å²) < 4.78 is 2.07. The Labute approximate surface area is 138 Å². The van der Waals surface area contributed by atoms with Gasteiger partial charge in [-0.05, 0) is 30.7 Å². The average Bonchev–Trinajstić information content (AvgIpc) is 2.98. The van der Waals surface area contributed by atoms with Gasteiger partial charge in [0.15, 0.2) is 11.0 Å². The van der Waals surface area contributed by atoms with Crippen LogP contribution in [0.4, 0.5) is 0 Å². The third-order valence-corrected chi connectivity index (χ3v) is 4.63. The molecule has 0 amide bonds. The van der Waals surface area contributed by atoms with Gasteiger partial charge in [0.25, 0.3) is 0 Å². The van der Waals surface area contributed by atoms with Crippen LogP contribution >= 0.6 is 23.4 Å². The Balaban J connectivity index is 1.83. The Morgan fingerprint density at radius 3 is 2.64 bits per heavy atom. The molecule has 0 aliphatic carbocycles. The minimum Gasteiger partial charge on any atom is -0.301 e. The van der Waals surface area contributed by atoms with Crippen molar-refractivity contribution < 1.29 is 0 Å². The van der Waals surface area contributed by atoms with Crippen LogP contribution < -0.4 is 0 Å². The van der Waals surface area contributed by atoms with E-state index in [0.29, 0.717) is 0 Å². The van der Waals surface area contributed by atoms with Gasteiger partial charge < -0.3 is 4.57 Å². The predicted molar refractivity (Wildman–Crippen MR) is 89.9 cm³/mol. The third-order valence-electron chi connectivity index (χ3n) is 3.24. The van der Waals surface area contributed by atoms with E-state index < -0.39 is 0 Å². The Morgan fingerprint density at radius 1 is 1.09 bits per heavy atom. The molecule has 0 N–H and O–H groups in total. The van der Waals surface area contributed by atoms with E-state index in [-0.39, 0.29) is 0 Å². The van der Waals surface area contributed by atoms with E-state index in [9.17, 15) is 0 Å². The molecule has 22 heavy (non-hydrogen) atoms. The summed E-state index contributed by atoms with van der Waals surface area (Å²) in [4.78, 5) is 4.35. The second-order valence-corrected chi connectivity index (χ2v) is 6.00. The number of aromatic nitrogens is 4. The molecule has 3 aromatic rings. The lowest BCUT2D eigenvalue weighted by atomic mass is 10.2. The van der Waals surface area contributed by atoms with Crippen molar-refractivity contribution in [2.75, 3.05) is 0 Å². The van der Waals surface area contributed by atoms with Gasteiger partial charge in [0.1, 0.15) is 5.69 Å². The summed E-state index contributed by atoms with van der Waals surface area (Å²) >= 11 is 7.83. The van der Waals surface area contributed by atoms with E-state index in [2.05, 4.69) is 26.7 Å². The lowest BCUT2D eigenvalue weighted by Crippen LogP contribution is -2.00. The fraction of sp³-hybridized carbons (Fsp3) is 0.188. The first-order valence-electron chi connectivity index (χ1n) is 7.00. The number of thioether (sulfide) groups is 1. The van der Waals surface area contributed by atoms with Crippen LogP contribution in [0.15, 0.2) is 53.8 Å². The van der Waals surface area contributed by atoms with Crippen LogP contribution in [0.25, 0.3) is 11.5 Å². The van der Waals surface area contributed by atoms with Gasteiger partial charge in [-0.15, -0.1) is 10.2 Å². The lowest BCUT2D eigenvalue weighted by Gasteiger charge is -2.07. The summed E-state index contributed by atoms with van der Waals surface area (Å²) in [6, 6.07) is 13.6. The molecule has 0 radical (unpaired) electrons. The van der Waals surface area contributed by atoms with Crippen LogP contribution in [0.3, 0.4) is 0 Å². The van der Waals surface area contributed by atoms with E-state index >= 15 is 0 Å². The van der Waals surface area contributed by atoms with Crippen LogP contribution in [-0.2, 0) is 12.3 Å². The Kier molecular flexibility index (Phi) is 4.75. The molecule has 4 nitrogen and oxygen atoms in total. The van der Waals surface area contributed by atoms with Crippen molar-refractivity contribution in [2.45, 2.75) is 24.4 Å². The van der Waals surface area contributed by atoms with Gasteiger partial charge in [-0.1, -0.05) is 47.6 Å². The fourth-order valence-corrected chi connectivity index (χ4v) is 3.41. The van der Waals surface area contributed by atoms with Crippen LogP contribution in [0.5, 0.6) is 0 Å². The molecule has 2 aromatic heterocycles. The molecule has 112 valence electrons. The van der Waals surface area contributed by atoms with Gasteiger partial charge in [-0.3, -0.25) is 4.98 Å². The maximum Gasteiger partial charge on any atom is 0.191 e. The Morgan fingerprint density at radius 2 is 1.91 bits per heavy atom. The SMILES string of the molecule is CCn1c(SCc2ccccc2Cl)nnc1-c1ccccn1. The van der Waals surface area contributed by atoms with E-state index in [1.54, 1.807) is 18.0 Å². The van der Waals surface area contributed by atoms with Gasteiger partial charge in [0, 0.05) is 23.5 Å². The van der Waals surface area contributed by atoms with Gasteiger partial charge in [-0.25, -0.2) is 0 Å². The molecular formula is C16H15ClN4S. The molecule has 0 bridgehead atoms. The number of halogens is 1. The largest absolute Gasteiger partial charge is 0.301 e. The van der Waals surface area contributed by atoms with Gasteiger partial charge in [-0.2, -0.15) is 0 Å². The number of hydrogen-bond acceptors (Lipinski definition) is 4. The Hall–Kier alpha value is -1.85. The normalized spacial score (nSPS) is 10.8. The first-order valence-corrected chi connectivity index (χ1v) is 8.36. The second-order valence-electron chi connectivity index (χ2n) is 4.65. The zero-order chi connectivity index (χ0) is 15.4. The first-order chi connectivity index (χ1) is 10.8. The molecule has 3 rings (SSSR count). The second kappa shape index (κ2) is 6.94. The van der Waals surface area contributed by atoms with Crippen molar-refractivity contribution in [1.29, 1.82) is 0 Å². The molecule has 0 saturated carbocycles. The summed E-state index contributed by atoms with van der Waals surface area (Å²) in [7, 11) is 0. The summed E-state index contributed by atoms with van der Waals surface area (Å²) in [5, 5.41) is 10.2. The smallest absolute Gasteiger partial charge is 0.191 e. The molecule has 0 spiro atoms. The van der Waals surface area contributed by atoms with Crippen molar-refractivity contribution >= 4 is 23.4 Å². The zero-order valence-corrected chi connectivity index (χ0v) is 13.7. The van der Waals surface area contributed by atoms with Gasteiger partial charge in [0.05, 0.1) is 0 Å². The lowest BCUT2D eigenvalue weighted by molar-refractivity contribution is 0.686. The summed E-state index contributed by atoms with van der Waals surface area (Å²) in [6.07, 6.45) is 1.76. The van der Waals surface area contributed by atoms with Crippen LogP contribution in [0.2, 0.25) is 5.02 Å². The van der Waals surface area contributed by atoms with Crippen molar-refractivity contribution in [3.63, 3.8) is 0 Å². The van der Waals surface area contributed by atoms with Crippen LogP contribution in [0.1, 0.15) is 12.5 Å². The standard InChI is InChI=1S/C16H15ClN4S/c1-2-21-15(14-9-5-6-10-18-14)19-20-16(21)22-11-12-7-3-4-8-13(12)17/h3-10H,2,11H2,1H3. The quantitative estimate of drug-likeness (QED) is 0.654. The number of rotatable bonds is 5. The van der Waals surface area contributed by atoms with Gasteiger partial charge in [0.2, 0.25) is 0 Å². The molecule has 0 unspecified atom stereocenters. The van der Waals surface area contributed by atoms with E-state index in [0.717, 1.165) is 39.6 Å². The molecule has 6 heteroatoms. The first kappa shape index (κ1) is 15.1. The molecule has 0 fully saturated rings. The molecule has 2 heterocycles. The molecular weight excluding hydrogens is 316 g/mol. The molecule has 0 aliphatic heterocycles. The topological polar surface area (TPSA) is 43.6 Å². The van der Waals surface area contributed by atoms with E-state index in [1.165, 1.54) is 0 Å². The monoisotopic (exact) mass is 330 g/mol. The summed E-state index contributed by atoms with van der Waals surface area (Å²) in [5.41, 5.74) is 1.93. The highest BCUT2D eigenvalue weighted by molar-refractivity contribution is 7.98. The maximum atomic E-state index is 6.20. The minimum absolute atomic E-state index is 0.764. The number of benzene rings is 1. The number of nitrogens with zero attached hydrogens (tertiary/aromatic N) is 4. The highest BCUT2D eigenvalue weighted by Crippen LogP contribution is 2.27. The molecule has 0 aliphatic rings. The number of hydrogen-bond donors (Lipinski definition) is 0. The third kappa shape index (κ3) is 3.15. The predicted octanol–water partition coefficient (Wildman–Crippen LogP) is 4.31.